The van der Waals surface area contributed by atoms with E-state index in [1.807, 2.05) is 37.2 Å². The van der Waals surface area contributed by atoms with E-state index < -0.39 is 0 Å². The number of amides is 1. The number of para-hydroxylation sites is 1. The van der Waals surface area contributed by atoms with E-state index >= 15 is 0 Å². The Morgan fingerprint density at radius 1 is 1.00 bits per heavy atom. The minimum Gasteiger partial charge on any atom is -0.362 e. The number of allylic oxidation sites excluding steroid dienone is 2. The van der Waals surface area contributed by atoms with Gasteiger partial charge in [0.1, 0.15) is 5.82 Å². The van der Waals surface area contributed by atoms with Crippen LogP contribution < -0.4 is 15.5 Å². The number of carbonyl (C=O) groups is 1. The summed E-state index contributed by atoms with van der Waals surface area (Å²) >= 11 is 0. The van der Waals surface area contributed by atoms with E-state index in [2.05, 4.69) is 28.9 Å². The molecule has 2 aromatic rings. The van der Waals surface area contributed by atoms with Crippen LogP contribution in [0.2, 0.25) is 0 Å². The number of benzene rings is 1. The Bertz CT molecular complexity index is 963. The van der Waals surface area contributed by atoms with Crippen molar-refractivity contribution in [2.24, 2.45) is 17.8 Å². The molecule has 0 aliphatic heterocycles. The molecule has 2 fully saturated rings. The third kappa shape index (κ3) is 3.75. The van der Waals surface area contributed by atoms with Crippen molar-refractivity contribution in [2.75, 3.05) is 24.3 Å². The summed E-state index contributed by atoms with van der Waals surface area (Å²) in [5.41, 5.74) is 0.958. The average molecular weight is 406 g/mol. The largest absolute Gasteiger partial charge is 0.362 e. The highest BCUT2D eigenvalue weighted by Crippen LogP contribution is 2.43. The van der Waals surface area contributed by atoms with Crippen LogP contribution in [-0.4, -0.2) is 42.1 Å². The smallest absolute Gasteiger partial charge is 0.225 e. The van der Waals surface area contributed by atoms with Crippen molar-refractivity contribution in [3.8, 4) is 0 Å². The maximum absolute atomic E-state index is 12.7. The lowest BCUT2D eigenvalue weighted by molar-refractivity contribution is -0.126. The first kappa shape index (κ1) is 19.3. The molecule has 3 aliphatic rings. The molecule has 0 radical (unpaired) electrons. The second kappa shape index (κ2) is 7.89. The van der Waals surface area contributed by atoms with Gasteiger partial charge in [-0.05, 0) is 62.5 Å². The van der Waals surface area contributed by atoms with E-state index in [0.29, 0.717) is 29.9 Å². The van der Waals surface area contributed by atoms with E-state index in [-0.39, 0.29) is 11.8 Å². The van der Waals surface area contributed by atoms with Gasteiger partial charge < -0.3 is 15.5 Å². The van der Waals surface area contributed by atoms with Crippen LogP contribution in [0.5, 0.6) is 0 Å². The summed E-state index contributed by atoms with van der Waals surface area (Å²) in [6, 6.07) is 8.78. The van der Waals surface area contributed by atoms with Gasteiger partial charge in [0.05, 0.1) is 5.52 Å². The SMILES string of the molecule is CN(C)c1nc(NC2CCC(NC(=O)C3CC4C=CC3C4)CC2)nc2ccccc12. The fourth-order valence-corrected chi connectivity index (χ4v) is 5.42. The van der Waals surface area contributed by atoms with Gasteiger partial charge in [-0.15, -0.1) is 0 Å². The van der Waals surface area contributed by atoms with Gasteiger partial charge in [-0.3, -0.25) is 4.79 Å². The Kier molecular flexibility index (Phi) is 5.09. The molecular formula is C24H31N5O. The van der Waals surface area contributed by atoms with Crippen LogP contribution in [0, 0.1) is 17.8 Å². The number of nitrogens with one attached hydrogen (secondary N) is 2. The van der Waals surface area contributed by atoms with Gasteiger partial charge >= 0.3 is 0 Å². The Balaban J connectivity index is 1.18. The first-order chi connectivity index (χ1) is 14.6. The molecule has 1 aromatic heterocycles. The van der Waals surface area contributed by atoms with Crippen molar-refractivity contribution in [3.05, 3.63) is 36.4 Å². The first-order valence-electron chi connectivity index (χ1n) is 11.3. The number of hydrogen-bond acceptors (Lipinski definition) is 5. The summed E-state index contributed by atoms with van der Waals surface area (Å²) in [7, 11) is 4.02. The number of nitrogens with zero attached hydrogens (tertiary/aromatic N) is 3. The van der Waals surface area contributed by atoms with Crippen LogP contribution in [0.4, 0.5) is 11.8 Å². The summed E-state index contributed by atoms with van der Waals surface area (Å²) in [5, 5.41) is 7.95. The fourth-order valence-electron chi connectivity index (χ4n) is 5.42. The Morgan fingerprint density at radius 2 is 1.77 bits per heavy atom. The molecule has 3 unspecified atom stereocenters. The van der Waals surface area contributed by atoms with Crippen LogP contribution >= 0.6 is 0 Å². The van der Waals surface area contributed by atoms with E-state index in [9.17, 15) is 4.79 Å². The number of aromatic nitrogens is 2. The number of carbonyl (C=O) groups excluding carboxylic acids is 1. The third-order valence-corrected chi connectivity index (χ3v) is 7.03. The molecule has 2 N–H and O–H groups in total. The Morgan fingerprint density at radius 3 is 2.47 bits per heavy atom. The molecule has 0 spiro atoms. The third-order valence-electron chi connectivity index (χ3n) is 7.03. The van der Waals surface area contributed by atoms with Gasteiger partial charge in [-0.25, -0.2) is 4.98 Å². The van der Waals surface area contributed by atoms with Crippen molar-refractivity contribution in [1.29, 1.82) is 0 Å². The number of hydrogen-bond donors (Lipinski definition) is 2. The van der Waals surface area contributed by atoms with Gasteiger partial charge in [-0.2, -0.15) is 4.98 Å². The zero-order valence-corrected chi connectivity index (χ0v) is 17.8. The van der Waals surface area contributed by atoms with Gasteiger partial charge in [0, 0.05) is 37.5 Å². The lowest BCUT2D eigenvalue weighted by Crippen LogP contribution is -2.43. The van der Waals surface area contributed by atoms with E-state index in [4.69, 9.17) is 9.97 Å². The predicted molar refractivity (Wildman–Crippen MR) is 121 cm³/mol. The molecule has 2 saturated carbocycles. The summed E-state index contributed by atoms with van der Waals surface area (Å²) < 4.78 is 0. The standard InChI is InChI=1S/C24H31N5O/c1-29(2)22-19-5-3-4-6-21(19)27-24(28-22)26-18-11-9-17(10-12-18)25-23(30)20-14-15-7-8-16(20)13-15/h3-8,15-18,20H,9-14H2,1-2H3,(H,25,30)(H,26,27,28). The molecule has 1 heterocycles. The van der Waals surface area contributed by atoms with Crippen molar-refractivity contribution in [3.63, 3.8) is 0 Å². The summed E-state index contributed by atoms with van der Waals surface area (Å²) in [5.74, 6) is 3.22. The molecule has 2 bridgehead atoms. The van der Waals surface area contributed by atoms with Gasteiger partial charge in [0.25, 0.3) is 0 Å². The summed E-state index contributed by atoms with van der Waals surface area (Å²) in [6.07, 6.45) is 10.8. The quantitative estimate of drug-likeness (QED) is 0.742. The molecule has 6 nitrogen and oxygen atoms in total. The maximum atomic E-state index is 12.7. The molecule has 1 amide bonds. The second-order valence-corrected chi connectivity index (χ2v) is 9.37. The molecular weight excluding hydrogens is 374 g/mol. The molecule has 1 aromatic carbocycles. The minimum absolute atomic E-state index is 0.200. The fraction of sp³-hybridized carbons (Fsp3) is 0.542. The van der Waals surface area contributed by atoms with E-state index in [1.54, 1.807) is 0 Å². The monoisotopic (exact) mass is 405 g/mol. The average Bonchev–Trinajstić information content (AvgIpc) is 3.38. The summed E-state index contributed by atoms with van der Waals surface area (Å²) in [6.45, 7) is 0. The zero-order valence-electron chi connectivity index (χ0n) is 17.8. The van der Waals surface area contributed by atoms with Crippen LogP contribution in [0.15, 0.2) is 36.4 Å². The number of rotatable bonds is 5. The lowest BCUT2D eigenvalue weighted by atomic mass is 9.89. The van der Waals surface area contributed by atoms with Crippen molar-refractivity contribution >= 4 is 28.6 Å². The molecule has 6 heteroatoms. The molecule has 5 rings (SSSR count). The van der Waals surface area contributed by atoms with Gasteiger partial charge in [-0.1, -0.05) is 24.3 Å². The van der Waals surface area contributed by atoms with Crippen molar-refractivity contribution < 1.29 is 4.79 Å². The van der Waals surface area contributed by atoms with Crippen LogP contribution in [0.3, 0.4) is 0 Å². The van der Waals surface area contributed by atoms with Crippen LogP contribution in [0.25, 0.3) is 10.9 Å². The zero-order chi connectivity index (χ0) is 20.7. The van der Waals surface area contributed by atoms with Crippen LogP contribution in [-0.2, 0) is 4.79 Å². The highest BCUT2D eigenvalue weighted by molar-refractivity contribution is 5.90. The number of fused-ring (bicyclic) bond motifs is 3. The highest BCUT2D eigenvalue weighted by atomic mass is 16.2. The van der Waals surface area contributed by atoms with Crippen molar-refractivity contribution in [2.45, 2.75) is 50.6 Å². The number of anilines is 2. The summed E-state index contributed by atoms with van der Waals surface area (Å²) in [4.78, 5) is 24.2. The first-order valence-corrected chi connectivity index (χ1v) is 11.3. The second-order valence-electron chi connectivity index (χ2n) is 9.37. The molecule has 30 heavy (non-hydrogen) atoms. The normalized spacial score (nSPS) is 29.9. The van der Waals surface area contributed by atoms with Crippen molar-refractivity contribution in [1.82, 2.24) is 15.3 Å². The highest BCUT2D eigenvalue weighted by Gasteiger charge is 2.40. The Hall–Kier alpha value is -2.63. The maximum Gasteiger partial charge on any atom is 0.225 e. The van der Waals surface area contributed by atoms with E-state index in [1.165, 1.54) is 6.42 Å². The molecule has 158 valence electrons. The van der Waals surface area contributed by atoms with Gasteiger partial charge in [0.2, 0.25) is 11.9 Å². The molecule has 3 atom stereocenters. The minimum atomic E-state index is 0.200. The Labute approximate surface area is 178 Å². The predicted octanol–water partition coefficient (Wildman–Crippen LogP) is 3.75. The molecule has 3 aliphatic carbocycles. The molecule has 0 saturated heterocycles. The lowest BCUT2D eigenvalue weighted by Gasteiger charge is -2.31. The van der Waals surface area contributed by atoms with Crippen LogP contribution in [0.1, 0.15) is 38.5 Å². The van der Waals surface area contributed by atoms with E-state index in [0.717, 1.165) is 48.8 Å². The topological polar surface area (TPSA) is 70.2 Å². The van der Waals surface area contributed by atoms with Gasteiger partial charge in [0.15, 0.2) is 0 Å².